The molecule has 1 aliphatic heterocycles. The number of rotatable bonds is 3. The van der Waals surface area contributed by atoms with Gasteiger partial charge in [-0.1, -0.05) is 30.3 Å². The second-order valence-corrected chi connectivity index (χ2v) is 9.02. The quantitative estimate of drug-likeness (QED) is 0.424. The van der Waals surface area contributed by atoms with Crippen molar-refractivity contribution in [3.8, 4) is 0 Å². The molecule has 2 aromatic heterocycles. The molecule has 0 aliphatic carbocycles. The molecule has 1 atom stereocenters. The lowest BCUT2D eigenvalue weighted by Crippen LogP contribution is -2.35. The first-order valence-electron chi connectivity index (χ1n) is 11.2. The Morgan fingerprint density at radius 1 is 0.871 bits per heavy atom. The zero-order valence-electron chi connectivity index (χ0n) is 18.9. The van der Waals surface area contributed by atoms with Crippen molar-refractivity contribution in [2.75, 3.05) is 37.0 Å². The van der Waals surface area contributed by atoms with Gasteiger partial charge in [-0.3, -0.25) is 0 Å². The van der Waals surface area contributed by atoms with Gasteiger partial charge >= 0.3 is 0 Å². The second kappa shape index (κ2) is 7.84. The van der Waals surface area contributed by atoms with Crippen molar-refractivity contribution >= 4 is 33.4 Å². The Balaban J connectivity index is 1.48. The molecule has 158 valence electrons. The maximum Gasteiger partial charge on any atom is 0.129 e. The Morgan fingerprint density at radius 2 is 1.65 bits per heavy atom. The number of hydrogen-bond acceptors (Lipinski definition) is 4. The molecule has 1 fully saturated rings. The van der Waals surface area contributed by atoms with Crippen LogP contribution in [-0.2, 0) is 0 Å². The molecule has 0 bridgehead atoms. The summed E-state index contributed by atoms with van der Waals surface area (Å²) in [4.78, 5) is 14.5. The molecule has 0 spiro atoms. The normalized spacial score (nSPS) is 16.8. The van der Waals surface area contributed by atoms with Crippen LogP contribution in [0.3, 0.4) is 0 Å². The molecule has 1 saturated heterocycles. The first-order chi connectivity index (χ1) is 15.0. The van der Waals surface area contributed by atoms with Crippen LogP contribution >= 0.6 is 0 Å². The SMILES string of the molecule is Cc1cccc2ccc(N3CCCC(c4ccc5ccc(N(C)C)nc5c4C)C3)nc12. The summed E-state index contributed by atoms with van der Waals surface area (Å²) in [6.45, 7) is 6.45. The Kier molecular flexibility index (Phi) is 5.01. The van der Waals surface area contributed by atoms with E-state index < -0.39 is 0 Å². The number of aromatic nitrogens is 2. The molecule has 0 radical (unpaired) electrons. The summed E-state index contributed by atoms with van der Waals surface area (Å²) >= 11 is 0. The minimum absolute atomic E-state index is 0.498. The number of fused-ring (bicyclic) bond motifs is 2. The summed E-state index contributed by atoms with van der Waals surface area (Å²) in [5.41, 5.74) is 6.22. The summed E-state index contributed by atoms with van der Waals surface area (Å²) in [5.74, 6) is 2.60. The maximum absolute atomic E-state index is 5.04. The number of benzene rings is 2. The topological polar surface area (TPSA) is 32.3 Å². The lowest BCUT2D eigenvalue weighted by molar-refractivity contribution is 0.506. The van der Waals surface area contributed by atoms with Crippen molar-refractivity contribution in [2.45, 2.75) is 32.6 Å². The van der Waals surface area contributed by atoms with Crippen LogP contribution in [0.25, 0.3) is 21.8 Å². The Hall–Kier alpha value is -3.14. The second-order valence-electron chi connectivity index (χ2n) is 9.02. The average molecular weight is 411 g/mol. The summed E-state index contributed by atoms with van der Waals surface area (Å²) in [6, 6.07) is 19.6. The minimum Gasteiger partial charge on any atom is -0.363 e. The Morgan fingerprint density at radius 3 is 2.48 bits per heavy atom. The van der Waals surface area contributed by atoms with Gasteiger partial charge in [0, 0.05) is 43.9 Å². The van der Waals surface area contributed by atoms with Crippen LogP contribution in [0.15, 0.2) is 54.6 Å². The first kappa shape index (κ1) is 19.8. The monoisotopic (exact) mass is 410 g/mol. The zero-order chi connectivity index (χ0) is 21.5. The van der Waals surface area contributed by atoms with E-state index in [0.717, 1.165) is 35.8 Å². The van der Waals surface area contributed by atoms with Crippen molar-refractivity contribution in [1.82, 2.24) is 9.97 Å². The van der Waals surface area contributed by atoms with Crippen LogP contribution in [-0.4, -0.2) is 37.2 Å². The molecule has 1 aliphatic rings. The highest BCUT2D eigenvalue weighted by Gasteiger charge is 2.24. The smallest absolute Gasteiger partial charge is 0.129 e. The number of anilines is 2. The fraction of sp³-hybridized carbons (Fsp3) is 0.333. The molecular weight excluding hydrogens is 380 g/mol. The number of para-hydroxylation sites is 1. The lowest BCUT2D eigenvalue weighted by atomic mass is 9.87. The standard InChI is InChI=1S/C27H30N4/c1-18-7-5-8-20-12-15-25(29-26(18)20)31-16-6-9-22(17-31)23-13-10-21-11-14-24(30(3)4)28-27(21)19(23)2/h5,7-8,10-15,22H,6,9,16-17H2,1-4H3. The van der Waals surface area contributed by atoms with Crippen molar-refractivity contribution in [3.63, 3.8) is 0 Å². The van der Waals surface area contributed by atoms with E-state index in [4.69, 9.17) is 9.97 Å². The van der Waals surface area contributed by atoms with Crippen LogP contribution < -0.4 is 9.80 Å². The lowest BCUT2D eigenvalue weighted by Gasteiger charge is -2.34. The first-order valence-corrected chi connectivity index (χ1v) is 11.2. The molecule has 0 amide bonds. The number of piperidine rings is 1. The highest BCUT2D eigenvalue weighted by molar-refractivity contribution is 5.85. The summed E-state index contributed by atoms with van der Waals surface area (Å²) < 4.78 is 0. The van der Waals surface area contributed by atoms with Gasteiger partial charge in [-0.05, 0) is 67.6 Å². The summed E-state index contributed by atoms with van der Waals surface area (Å²) in [7, 11) is 4.09. The molecule has 1 unspecified atom stereocenters. The highest BCUT2D eigenvalue weighted by Crippen LogP contribution is 2.34. The minimum atomic E-state index is 0.498. The number of pyridine rings is 2. The molecular formula is C27H30N4. The van der Waals surface area contributed by atoms with E-state index >= 15 is 0 Å². The third-order valence-corrected chi connectivity index (χ3v) is 6.69. The predicted octanol–water partition coefficient (Wildman–Crippen LogP) is 5.85. The number of nitrogens with zero attached hydrogens (tertiary/aromatic N) is 4. The molecule has 4 nitrogen and oxygen atoms in total. The van der Waals surface area contributed by atoms with Crippen LogP contribution in [0.4, 0.5) is 11.6 Å². The third kappa shape index (κ3) is 3.60. The maximum atomic E-state index is 5.04. The third-order valence-electron chi connectivity index (χ3n) is 6.69. The van der Waals surface area contributed by atoms with E-state index in [1.807, 2.05) is 14.1 Å². The van der Waals surface area contributed by atoms with E-state index in [9.17, 15) is 0 Å². The van der Waals surface area contributed by atoms with E-state index in [0.29, 0.717) is 5.92 Å². The fourth-order valence-electron chi connectivity index (χ4n) is 4.93. The Bertz CT molecular complexity index is 1260. The average Bonchev–Trinajstić information content (AvgIpc) is 2.79. The molecule has 4 heteroatoms. The van der Waals surface area contributed by atoms with Crippen molar-refractivity contribution < 1.29 is 0 Å². The zero-order valence-corrected chi connectivity index (χ0v) is 18.9. The van der Waals surface area contributed by atoms with E-state index in [1.165, 1.54) is 40.3 Å². The van der Waals surface area contributed by atoms with Crippen molar-refractivity contribution in [2.24, 2.45) is 0 Å². The molecule has 4 aromatic rings. The molecule has 0 saturated carbocycles. The predicted molar refractivity (Wildman–Crippen MR) is 131 cm³/mol. The van der Waals surface area contributed by atoms with Gasteiger partial charge in [0.1, 0.15) is 11.6 Å². The van der Waals surface area contributed by atoms with Gasteiger partial charge in [0.05, 0.1) is 11.0 Å². The van der Waals surface area contributed by atoms with Crippen LogP contribution in [0.1, 0.15) is 35.4 Å². The van der Waals surface area contributed by atoms with E-state index in [1.54, 1.807) is 0 Å². The van der Waals surface area contributed by atoms with Crippen LogP contribution in [0, 0.1) is 13.8 Å². The van der Waals surface area contributed by atoms with Crippen molar-refractivity contribution in [3.05, 3.63) is 71.3 Å². The number of aryl methyl sites for hydroxylation is 2. The Labute approximate surface area is 184 Å². The van der Waals surface area contributed by atoms with Gasteiger partial charge in [-0.2, -0.15) is 0 Å². The van der Waals surface area contributed by atoms with Gasteiger partial charge in [0.2, 0.25) is 0 Å². The fourth-order valence-corrected chi connectivity index (χ4v) is 4.93. The molecule has 0 N–H and O–H groups in total. The largest absolute Gasteiger partial charge is 0.363 e. The van der Waals surface area contributed by atoms with Crippen LogP contribution in [0.5, 0.6) is 0 Å². The van der Waals surface area contributed by atoms with E-state index in [-0.39, 0.29) is 0 Å². The van der Waals surface area contributed by atoms with Crippen LogP contribution in [0.2, 0.25) is 0 Å². The van der Waals surface area contributed by atoms with Gasteiger partial charge < -0.3 is 9.80 Å². The highest BCUT2D eigenvalue weighted by atomic mass is 15.2. The van der Waals surface area contributed by atoms with Crippen molar-refractivity contribution in [1.29, 1.82) is 0 Å². The van der Waals surface area contributed by atoms with Gasteiger partial charge in [0.25, 0.3) is 0 Å². The summed E-state index contributed by atoms with van der Waals surface area (Å²) in [5, 5.41) is 2.43. The van der Waals surface area contributed by atoms with E-state index in [2.05, 4.69) is 78.2 Å². The molecule has 31 heavy (non-hydrogen) atoms. The molecule has 2 aromatic carbocycles. The number of hydrogen-bond donors (Lipinski definition) is 0. The molecule has 5 rings (SSSR count). The summed E-state index contributed by atoms with van der Waals surface area (Å²) in [6.07, 6.45) is 2.39. The van der Waals surface area contributed by atoms with Gasteiger partial charge in [-0.25, -0.2) is 9.97 Å². The van der Waals surface area contributed by atoms with Gasteiger partial charge in [0.15, 0.2) is 0 Å². The van der Waals surface area contributed by atoms with Gasteiger partial charge in [-0.15, -0.1) is 0 Å². The molecule has 3 heterocycles.